The Bertz CT molecular complexity index is 469. The smallest absolute Gasteiger partial charge is 0.328 e. The molecule has 1 aromatic rings. The Balaban J connectivity index is 2.58. The normalized spacial score (nSPS) is 11.2. The van der Waals surface area contributed by atoms with Gasteiger partial charge in [0.15, 0.2) is 0 Å². The first kappa shape index (κ1) is 16.2. The van der Waals surface area contributed by atoms with E-state index < -0.39 is 11.8 Å². The van der Waals surface area contributed by atoms with Crippen molar-refractivity contribution in [2.45, 2.75) is 13.8 Å². The third-order valence-electron chi connectivity index (χ3n) is 2.31. The third kappa shape index (κ3) is 6.33. The Labute approximate surface area is 117 Å². The number of halogens is 1. The predicted molar refractivity (Wildman–Crippen MR) is 74.2 cm³/mol. The monoisotopic (exact) mass is 282 g/mol. The van der Waals surface area contributed by atoms with E-state index in [1.165, 1.54) is 24.3 Å². The molecule has 0 aliphatic carbocycles. The molecule has 0 atom stereocenters. The average molecular weight is 282 g/mol. The summed E-state index contributed by atoms with van der Waals surface area (Å²) in [6, 6.07) is 3.96. The Hall–Kier alpha value is -1.88. The second-order valence-electron chi connectivity index (χ2n) is 4.67. The summed E-state index contributed by atoms with van der Waals surface area (Å²) in [7, 11) is 0. The Morgan fingerprint density at radius 2 is 2.15 bits per heavy atom. The van der Waals surface area contributed by atoms with Gasteiger partial charge in [-0.15, -0.1) is 0 Å². The van der Waals surface area contributed by atoms with Crippen LogP contribution >= 0.6 is 0 Å². The number of hydrogen-bond acceptors (Lipinski definition) is 3. The first-order valence-corrected chi connectivity index (χ1v) is 6.40. The highest BCUT2D eigenvalue weighted by molar-refractivity contribution is 5.85. The number of benzene rings is 1. The lowest BCUT2D eigenvalue weighted by Gasteiger charge is -2.10. The molecule has 0 radical (unpaired) electrons. The van der Waals surface area contributed by atoms with Crippen LogP contribution in [0.3, 0.4) is 0 Å². The van der Waals surface area contributed by atoms with Crippen LogP contribution in [0.1, 0.15) is 19.4 Å². The van der Waals surface area contributed by atoms with Gasteiger partial charge in [0.1, 0.15) is 18.2 Å². The van der Waals surface area contributed by atoms with Gasteiger partial charge in [-0.2, -0.15) is 0 Å². The zero-order valence-corrected chi connectivity index (χ0v) is 11.6. The number of hydrogen-bond donors (Lipinski definition) is 1. The largest absolute Gasteiger partial charge is 0.491 e. The van der Waals surface area contributed by atoms with Gasteiger partial charge >= 0.3 is 5.97 Å². The van der Waals surface area contributed by atoms with E-state index in [1.807, 2.05) is 0 Å². The zero-order valence-electron chi connectivity index (χ0n) is 11.6. The van der Waals surface area contributed by atoms with Crippen molar-refractivity contribution in [1.29, 1.82) is 0 Å². The molecule has 1 rings (SSSR count). The van der Waals surface area contributed by atoms with Gasteiger partial charge in [0.2, 0.25) is 0 Å². The fourth-order valence-corrected chi connectivity index (χ4v) is 1.47. The summed E-state index contributed by atoms with van der Waals surface area (Å²) in [5.74, 6) is -0.661. The molecule has 0 aromatic heterocycles. The van der Waals surface area contributed by atoms with Crippen LogP contribution in [-0.4, -0.2) is 30.9 Å². The van der Waals surface area contributed by atoms with Crippen molar-refractivity contribution in [3.8, 4) is 5.75 Å². The molecule has 20 heavy (non-hydrogen) atoms. The predicted octanol–water partition coefficient (Wildman–Crippen LogP) is 2.97. The van der Waals surface area contributed by atoms with Crippen LogP contribution < -0.4 is 4.74 Å². The molecule has 0 bridgehead atoms. The molecule has 1 N–H and O–H groups in total. The van der Waals surface area contributed by atoms with Crippen LogP contribution in [0.2, 0.25) is 0 Å². The van der Waals surface area contributed by atoms with Crippen LogP contribution in [0, 0.1) is 11.7 Å². The van der Waals surface area contributed by atoms with E-state index in [0.717, 1.165) is 6.08 Å². The van der Waals surface area contributed by atoms with Gasteiger partial charge in [-0.05, 0) is 30.2 Å². The molecule has 0 fully saturated rings. The molecular formula is C15H19FO4. The molecular weight excluding hydrogens is 263 g/mol. The van der Waals surface area contributed by atoms with Crippen molar-refractivity contribution >= 4 is 12.0 Å². The highest BCUT2D eigenvalue weighted by atomic mass is 19.1. The van der Waals surface area contributed by atoms with Gasteiger partial charge in [-0.3, -0.25) is 0 Å². The van der Waals surface area contributed by atoms with Crippen LogP contribution in [-0.2, 0) is 9.53 Å². The first-order chi connectivity index (χ1) is 9.49. The summed E-state index contributed by atoms with van der Waals surface area (Å²) in [6.45, 7) is 5.51. The topological polar surface area (TPSA) is 55.8 Å². The number of carboxylic acid groups (broad SMARTS) is 1. The van der Waals surface area contributed by atoms with Gasteiger partial charge in [0.05, 0.1) is 6.61 Å². The average Bonchev–Trinajstić information content (AvgIpc) is 2.37. The summed E-state index contributed by atoms with van der Waals surface area (Å²) < 4.78 is 24.0. The molecule has 0 spiro atoms. The Kier molecular flexibility index (Phi) is 6.73. The molecule has 0 aliphatic rings. The second kappa shape index (κ2) is 8.32. The summed E-state index contributed by atoms with van der Waals surface area (Å²) in [5, 5.41) is 8.59. The fraction of sp³-hybridized carbons (Fsp3) is 0.400. The number of carbonyl (C=O) groups is 1. The van der Waals surface area contributed by atoms with Gasteiger partial charge in [0, 0.05) is 18.2 Å². The van der Waals surface area contributed by atoms with E-state index in [4.69, 9.17) is 14.6 Å². The number of carboxylic acids is 1. The van der Waals surface area contributed by atoms with E-state index in [2.05, 4.69) is 13.8 Å². The molecule has 0 aliphatic heterocycles. The first-order valence-electron chi connectivity index (χ1n) is 6.40. The van der Waals surface area contributed by atoms with Gasteiger partial charge in [0.25, 0.3) is 0 Å². The van der Waals surface area contributed by atoms with E-state index in [-0.39, 0.29) is 0 Å². The number of aliphatic carboxylic acids is 1. The maximum atomic E-state index is 13.1. The highest BCUT2D eigenvalue weighted by Gasteiger charge is 2.04. The molecule has 4 nitrogen and oxygen atoms in total. The van der Waals surface area contributed by atoms with Crippen LogP contribution in [0.4, 0.5) is 4.39 Å². The number of ether oxygens (including phenoxy) is 2. The molecule has 0 unspecified atom stereocenters. The summed E-state index contributed by atoms with van der Waals surface area (Å²) in [5.41, 5.74) is 0.385. The molecule has 110 valence electrons. The van der Waals surface area contributed by atoms with E-state index >= 15 is 0 Å². The van der Waals surface area contributed by atoms with Gasteiger partial charge < -0.3 is 14.6 Å². The van der Waals surface area contributed by atoms with Crippen molar-refractivity contribution in [1.82, 2.24) is 0 Å². The molecule has 1 aromatic carbocycles. The minimum atomic E-state index is -1.10. The Morgan fingerprint density at radius 3 is 2.80 bits per heavy atom. The molecule has 0 saturated heterocycles. The lowest BCUT2D eigenvalue weighted by Crippen LogP contribution is -2.10. The minimum Gasteiger partial charge on any atom is -0.491 e. The van der Waals surface area contributed by atoms with Crippen molar-refractivity contribution in [3.05, 3.63) is 35.7 Å². The van der Waals surface area contributed by atoms with Crippen molar-refractivity contribution in [2.75, 3.05) is 19.8 Å². The molecule has 0 amide bonds. The SMILES string of the molecule is CC(C)COCCOc1ccc(F)cc1/C=C/C(=O)O. The molecule has 5 heteroatoms. The standard InChI is InChI=1S/C15H19FO4/c1-11(2)10-19-7-8-20-14-5-4-13(16)9-12(14)3-6-15(17)18/h3-6,9,11H,7-8,10H2,1-2H3,(H,17,18)/b6-3+. The van der Waals surface area contributed by atoms with Crippen LogP contribution in [0.15, 0.2) is 24.3 Å². The fourth-order valence-electron chi connectivity index (χ4n) is 1.47. The van der Waals surface area contributed by atoms with Crippen molar-refractivity contribution in [3.63, 3.8) is 0 Å². The van der Waals surface area contributed by atoms with Crippen molar-refractivity contribution < 1.29 is 23.8 Å². The zero-order chi connectivity index (χ0) is 15.0. The second-order valence-corrected chi connectivity index (χ2v) is 4.67. The maximum Gasteiger partial charge on any atom is 0.328 e. The highest BCUT2D eigenvalue weighted by Crippen LogP contribution is 2.21. The maximum absolute atomic E-state index is 13.1. The van der Waals surface area contributed by atoms with E-state index in [1.54, 1.807) is 0 Å². The summed E-state index contributed by atoms with van der Waals surface area (Å²) in [6.07, 6.45) is 2.24. The van der Waals surface area contributed by atoms with E-state index in [9.17, 15) is 9.18 Å². The van der Waals surface area contributed by atoms with Crippen molar-refractivity contribution in [2.24, 2.45) is 5.92 Å². The Morgan fingerprint density at radius 1 is 1.40 bits per heavy atom. The third-order valence-corrected chi connectivity index (χ3v) is 2.31. The lowest BCUT2D eigenvalue weighted by molar-refractivity contribution is -0.131. The summed E-state index contributed by atoms with van der Waals surface area (Å²) >= 11 is 0. The number of rotatable bonds is 8. The van der Waals surface area contributed by atoms with Crippen LogP contribution in [0.25, 0.3) is 6.08 Å². The quantitative estimate of drug-likeness (QED) is 0.588. The molecule has 0 saturated carbocycles. The van der Waals surface area contributed by atoms with E-state index in [0.29, 0.717) is 37.1 Å². The lowest BCUT2D eigenvalue weighted by atomic mass is 10.2. The molecule has 0 heterocycles. The minimum absolute atomic E-state index is 0.326. The van der Waals surface area contributed by atoms with Gasteiger partial charge in [-0.25, -0.2) is 9.18 Å². The summed E-state index contributed by atoms with van der Waals surface area (Å²) in [4.78, 5) is 10.5. The van der Waals surface area contributed by atoms with Crippen LogP contribution in [0.5, 0.6) is 5.75 Å². The van der Waals surface area contributed by atoms with Gasteiger partial charge in [-0.1, -0.05) is 13.8 Å².